The maximum absolute atomic E-state index is 12.4. The third-order valence-electron chi connectivity index (χ3n) is 5.35. The van der Waals surface area contributed by atoms with Crippen LogP contribution in [0.2, 0.25) is 0 Å². The number of carbonyl (C=O) groups is 1. The molecule has 5 heteroatoms. The van der Waals surface area contributed by atoms with E-state index in [9.17, 15) is 4.79 Å². The fraction of sp³-hybridized carbons (Fsp3) is 0.476. The Kier molecular flexibility index (Phi) is 5.56. The van der Waals surface area contributed by atoms with Crippen molar-refractivity contribution in [2.45, 2.75) is 32.1 Å². The number of nitrogens with zero attached hydrogens (tertiary/aromatic N) is 2. The van der Waals surface area contributed by atoms with Crippen LogP contribution in [0.4, 0.5) is 10.7 Å². The summed E-state index contributed by atoms with van der Waals surface area (Å²) in [5.74, 6) is 0.0624. The van der Waals surface area contributed by atoms with Crippen LogP contribution in [-0.4, -0.2) is 43.5 Å². The topological polar surface area (TPSA) is 35.6 Å². The van der Waals surface area contributed by atoms with Gasteiger partial charge >= 0.3 is 0 Å². The van der Waals surface area contributed by atoms with E-state index in [1.165, 1.54) is 43.6 Å². The van der Waals surface area contributed by atoms with Crippen molar-refractivity contribution in [1.82, 2.24) is 10.2 Å². The number of anilines is 2. The van der Waals surface area contributed by atoms with Crippen molar-refractivity contribution < 1.29 is 4.79 Å². The first-order chi connectivity index (χ1) is 12.8. The van der Waals surface area contributed by atoms with Crippen LogP contribution in [0, 0.1) is 0 Å². The standard InChI is InChI=1S/C21H27N3OS/c25-21(22-12-6-15-23-13-4-1-5-14-23)19-9-10-20(26-19)24-16-11-17-7-2-3-8-18(17)24/h2-3,7-10H,1,4-6,11-16H2,(H,22,25). The first kappa shape index (κ1) is 17.6. The van der Waals surface area contributed by atoms with Crippen LogP contribution >= 0.6 is 11.3 Å². The summed E-state index contributed by atoms with van der Waals surface area (Å²) in [6.45, 7) is 5.30. The predicted molar refractivity (Wildman–Crippen MR) is 109 cm³/mol. The SMILES string of the molecule is O=C(NCCCN1CCCCC1)c1ccc(N2CCc3ccccc32)s1. The average Bonchev–Trinajstić information content (AvgIpc) is 3.33. The van der Waals surface area contributed by atoms with Crippen molar-refractivity contribution in [3.8, 4) is 0 Å². The Hall–Kier alpha value is -1.85. The zero-order chi connectivity index (χ0) is 17.8. The smallest absolute Gasteiger partial charge is 0.261 e. The maximum atomic E-state index is 12.4. The zero-order valence-electron chi connectivity index (χ0n) is 15.2. The van der Waals surface area contributed by atoms with Gasteiger partial charge in [-0.2, -0.15) is 0 Å². The Morgan fingerprint density at radius 1 is 1.04 bits per heavy atom. The molecule has 0 spiro atoms. The van der Waals surface area contributed by atoms with Crippen molar-refractivity contribution in [2.24, 2.45) is 0 Å². The van der Waals surface area contributed by atoms with Gasteiger partial charge in [-0.3, -0.25) is 4.79 Å². The average molecular weight is 370 g/mol. The van der Waals surface area contributed by atoms with Gasteiger partial charge in [0.05, 0.1) is 9.88 Å². The van der Waals surface area contributed by atoms with Gasteiger partial charge in [-0.15, -0.1) is 11.3 Å². The highest BCUT2D eigenvalue weighted by Gasteiger charge is 2.22. The summed E-state index contributed by atoms with van der Waals surface area (Å²) in [5.41, 5.74) is 2.67. The van der Waals surface area contributed by atoms with Gasteiger partial charge in [0.25, 0.3) is 5.91 Å². The molecule has 1 amide bonds. The number of thiophene rings is 1. The minimum atomic E-state index is 0.0624. The van der Waals surface area contributed by atoms with Crippen LogP contribution < -0.4 is 10.2 Å². The number of hydrogen-bond donors (Lipinski definition) is 1. The van der Waals surface area contributed by atoms with Crippen LogP contribution in [0.3, 0.4) is 0 Å². The number of fused-ring (bicyclic) bond motifs is 1. The summed E-state index contributed by atoms with van der Waals surface area (Å²) in [7, 11) is 0. The molecule has 1 N–H and O–H groups in total. The highest BCUT2D eigenvalue weighted by atomic mass is 32.1. The number of hydrogen-bond acceptors (Lipinski definition) is 4. The Morgan fingerprint density at radius 2 is 1.88 bits per heavy atom. The highest BCUT2D eigenvalue weighted by Crippen LogP contribution is 2.37. The van der Waals surface area contributed by atoms with E-state index in [4.69, 9.17) is 0 Å². The lowest BCUT2D eigenvalue weighted by Gasteiger charge is -2.26. The number of nitrogens with one attached hydrogen (secondary N) is 1. The van der Waals surface area contributed by atoms with Gasteiger partial charge < -0.3 is 15.1 Å². The van der Waals surface area contributed by atoms with Crippen LogP contribution in [-0.2, 0) is 6.42 Å². The Bertz CT molecular complexity index is 751. The summed E-state index contributed by atoms with van der Waals surface area (Å²) in [5, 5.41) is 4.25. The van der Waals surface area contributed by atoms with Crippen LogP contribution in [0.5, 0.6) is 0 Å². The fourth-order valence-electron chi connectivity index (χ4n) is 3.94. The molecule has 1 fully saturated rings. The first-order valence-corrected chi connectivity index (χ1v) is 10.6. The maximum Gasteiger partial charge on any atom is 0.261 e. The van der Waals surface area contributed by atoms with Gasteiger partial charge in [0.15, 0.2) is 0 Å². The third kappa shape index (κ3) is 3.94. The number of piperidine rings is 1. The van der Waals surface area contributed by atoms with Crippen LogP contribution in [0.1, 0.15) is 40.9 Å². The van der Waals surface area contributed by atoms with Crippen LogP contribution in [0.15, 0.2) is 36.4 Å². The molecular formula is C21H27N3OS. The molecule has 1 saturated heterocycles. The van der Waals surface area contributed by atoms with E-state index in [1.54, 1.807) is 11.3 Å². The Labute approximate surface area is 159 Å². The van der Waals surface area contributed by atoms with Gasteiger partial charge in [-0.05, 0) is 69.1 Å². The second-order valence-electron chi connectivity index (χ2n) is 7.18. The number of benzene rings is 1. The lowest BCUT2D eigenvalue weighted by molar-refractivity contribution is 0.0955. The molecule has 4 rings (SSSR count). The van der Waals surface area contributed by atoms with E-state index >= 15 is 0 Å². The Morgan fingerprint density at radius 3 is 2.77 bits per heavy atom. The molecule has 2 aliphatic heterocycles. The van der Waals surface area contributed by atoms with Crippen molar-refractivity contribution in [2.75, 3.05) is 37.6 Å². The molecule has 2 aromatic rings. The summed E-state index contributed by atoms with van der Waals surface area (Å²) < 4.78 is 0. The molecule has 0 unspecified atom stereocenters. The summed E-state index contributed by atoms with van der Waals surface area (Å²) in [4.78, 5) is 18.1. The monoisotopic (exact) mass is 369 g/mol. The molecule has 1 aromatic carbocycles. The summed E-state index contributed by atoms with van der Waals surface area (Å²) in [6.07, 6.45) is 6.12. The number of para-hydroxylation sites is 1. The molecule has 2 aliphatic rings. The van der Waals surface area contributed by atoms with E-state index in [2.05, 4.69) is 45.4 Å². The van der Waals surface area contributed by atoms with Gasteiger partial charge in [-0.25, -0.2) is 0 Å². The molecule has 0 radical (unpaired) electrons. The molecule has 0 bridgehead atoms. The second-order valence-corrected chi connectivity index (χ2v) is 8.24. The van der Waals surface area contributed by atoms with Crippen LogP contribution in [0.25, 0.3) is 0 Å². The largest absolute Gasteiger partial charge is 0.351 e. The van der Waals surface area contributed by atoms with E-state index in [0.29, 0.717) is 0 Å². The fourth-order valence-corrected chi connectivity index (χ4v) is 4.90. The van der Waals surface area contributed by atoms with E-state index < -0.39 is 0 Å². The normalized spacial score (nSPS) is 17.3. The molecule has 0 atom stereocenters. The molecular weight excluding hydrogens is 342 g/mol. The lowest BCUT2D eigenvalue weighted by Crippen LogP contribution is -2.33. The molecule has 138 valence electrons. The van der Waals surface area contributed by atoms with Gasteiger partial charge in [0.2, 0.25) is 0 Å². The first-order valence-electron chi connectivity index (χ1n) is 9.77. The number of carbonyl (C=O) groups excluding carboxylic acids is 1. The van der Waals surface area contributed by atoms with E-state index in [-0.39, 0.29) is 5.91 Å². The predicted octanol–water partition coefficient (Wildman–Crippen LogP) is 4.05. The van der Waals surface area contributed by atoms with Crippen molar-refractivity contribution in [1.29, 1.82) is 0 Å². The van der Waals surface area contributed by atoms with Crippen molar-refractivity contribution >= 4 is 27.9 Å². The second kappa shape index (κ2) is 8.23. The lowest BCUT2D eigenvalue weighted by atomic mass is 10.1. The van der Waals surface area contributed by atoms with Gasteiger partial charge in [-0.1, -0.05) is 24.6 Å². The quantitative estimate of drug-likeness (QED) is 0.781. The van der Waals surface area contributed by atoms with Crippen molar-refractivity contribution in [3.63, 3.8) is 0 Å². The molecule has 1 aromatic heterocycles. The van der Waals surface area contributed by atoms with Gasteiger partial charge in [0, 0.05) is 18.8 Å². The molecule has 0 aliphatic carbocycles. The summed E-state index contributed by atoms with van der Waals surface area (Å²) in [6, 6.07) is 12.6. The molecule has 3 heterocycles. The highest BCUT2D eigenvalue weighted by molar-refractivity contribution is 7.18. The minimum Gasteiger partial charge on any atom is -0.351 e. The number of likely N-dealkylation sites (tertiary alicyclic amines) is 1. The van der Waals surface area contributed by atoms with E-state index in [1.807, 2.05) is 6.07 Å². The zero-order valence-corrected chi connectivity index (χ0v) is 16.1. The number of rotatable bonds is 6. The third-order valence-corrected chi connectivity index (χ3v) is 6.46. The summed E-state index contributed by atoms with van der Waals surface area (Å²) >= 11 is 1.59. The minimum absolute atomic E-state index is 0.0624. The van der Waals surface area contributed by atoms with E-state index in [0.717, 1.165) is 42.4 Å². The molecule has 0 saturated carbocycles. The Balaban J connectivity index is 1.28. The molecule has 4 nitrogen and oxygen atoms in total. The molecule has 26 heavy (non-hydrogen) atoms. The van der Waals surface area contributed by atoms with Crippen molar-refractivity contribution in [3.05, 3.63) is 46.8 Å². The number of amides is 1. The van der Waals surface area contributed by atoms with Gasteiger partial charge in [0.1, 0.15) is 0 Å².